The maximum Gasteiger partial charge on any atom is 0.269 e. The van der Waals surface area contributed by atoms with Crippen molar-refractivity contribution in [3.63, 3.8) is 0 Å². The molecular weight excluding hydrogens is 414 g/mol. The molecule has 2 aromatic rings. The second kappa shape index (κ2) is 8.97. The van der Waals surface area contributed by atoms with Crippen molar-refractivity contribution in [2.24, 2.45) is 0 Å². The summed E-state index contributed by atoms with van der Waals surface area (Å²) in [5.74, 6) is -1.21. The van der Waals surface area contributed by atoms with Gasteiger partial charge in [-0.15, -0.1) is 0 Å². The quantitative estimate of drug-likeness (QED) is 0.678. The number of nitrogens with one attached hydrogen (secondary N) is 2. The van der Waals surface area contributed by atoms with E-state index < -0.39 is 17.9 Å². The second-order valence-electron chi connectivity index (χ2n) is 6.15. The van der Waals surface area contributed by atoms with Gasteiger partial charge in [-0.25, -0.2) is 5.01 Å². The highest BCUT2D eigenvalue weighted by atomic mass is 35.5. The number of rotatable bonds is 6. The van der Waals surface area contributed by atoms with Gasteiger partial charge < -0.3 is 5.32 Å². The van der Waals surface area contributed by atoms with Crippen LogP contribution in [0.3, 0.4) is 0 Å². The lowest BCUT2D eigenvalue weighted by Crippen LogP contribution is -2.50. The molecule has 1 aromatic carbocycles. The van der Waals surface area contributed by atoms with Crippen molar-refractivity contribution in [2.45, 2.75) is 19.4 Å². The third-order valence-electron chi connectivity index (χ3n) is 4.22. The lowest BCUT2D eigenvalue weighted by Gasteiger charge is -2.24. The van der Waals surface area contributed by atoms with E-state index in [0.29, 0.717) is 22.8 Å². The summed E-state index contributed by atoms with van der Waals surface area (Å²) in [6, 6.07) is 8.63. The highest BCUT2D eigenvalue weighted by Gasteiger charge is 2.45. The monoisotopic (exact) mass is 431 g/mol. The number of amides is 3. The van der Waals surface area contributed by atoms with E-state index in [4.69, 9.17) is 23.8 Å². The number of benzene rings is 1. The smallest absolute Gasteiger partial charge is 0.269 e. The Hall–Kier alpha value is -3.04. The summed E-state index contributed by atoms with van der Waals surface area (Å²) in [5.41, 5.74) is 3.48. The van der Waals surface area contributed by atoms with Gasteiger partial charge in [0, 0.05) is 29.5 Å². The van der Waals surface area contributed by atoms with Gasteiger partial charge in [-0.05, 0) is 55.5 Å². The Labute approximate surface area is 177 Å². The van der Waals surface area contributed by atoms with E-state index in [9.17, 15) is 14.4 Å². The Morgan fingerprint density at radius 3 is 2.45 bits per heavy atom. The summed E-state index contributed by atoms with van der Waals surface area (Å²) < 4.78 is 0. The molecular formula is C19H18ClN5O3S. The number of thiocarbonyl (C=S) groups is 1. The first-order valence-corrected chi connectivity index (χ1v) is 9.61. The number of carbonyl (C=O) groups excluding carboxylic acids is 3. The summed E-state index contributed by atoms with van der Waals surface area (Å²) in [6.45, 7) is 2.20. The Morgan fingerprint density at radius 1 is 1.17 bits per heavy atom. The van der Waals surface area contributed by atoms with Crippen LogP contribution in [-0.2, 0) is 9.59 Å². The van der Waals surface area contributed by atoms with Crippen LogP contribution in [0.2, 0.25) is 5.02 Å². The minimum Gasteiger partial charge on any atom is -0.356 e. The van der Waals surface area contributed by atoms with Crippen LogP contribution in [0, 0.1) is 0 Å². The molecule has 0 bridgehead atoms. The van der Waals surface area contributed by atoms with Gasteiger partial charge in [-0.1, -0.05) is 11.6 Å². The van der Waals surface area contributed by atoms with E-state index in [1.807, 2.05) is 0 Å². The maximum absolute atomic E-state index is 13.1. The highest BCUT2D eigenvalue weighted by Crippen LogP contribution is 2.27. The third-order valence-corrected chi connectivity index (χ3v) is 4.85. The van der Waals surface area contributed by atoms with Crippen molar-refractivity contribution < 1.29 is 14.4 Å². The van der Waals surface area contributed by atoms with E-state index in [2.05, 4.69) is 15.7 Å². The van der Waals surface area contributed by atoms with Gasteiger partial charge in [0.05, 0.1) is 12.1 Å². The first-order chi connectivity index (χ1) is 13.9. The minimum absolute atomic E-state index is 0.0639. The average molecular weight is 432 g/mol. The summed E-state index contributed by atoms with van der Waals surface area (Å²) in [5, 5.41) is 4.48. The Morgan fingerprint density at radius 2 is 1.83 bits per heavy atom. The molecule has 150 valence electrons. The fourth-order valence-corrected chi connectivity index (χ4v) is 3.34. The Bertz CT molecular complexity index is 939. The molecule has 1 saturated heterocycles. The van der Waals surface area contributed by atoms with Gasteiger partial charge in [-0.3, -0.25) is 29.7 Å². The number of hydrogen-bond donors (Lipinski definition) is 2. The lowest BCUT2D eigenvalue weighted by molar-refractivity contribution is -0.127. The van der Waals surface area contributed by atoms with Crippen molar-refractivity contribution in [3.8, 4) is 0 Å². The molecule has 0 spiro atoms. The molecule has 10 heteroatoms. The Kier molecular flexibility index (Phi) is 6.40. The van der Waals surface area contributed by atoms with Gasteiger partial charge in [-0.2, -0.15) is 0 Å². The lowest BCUT2D eigenvalue weighted by atomic mass is 10.2. The van der Waals surface area contributed by atoms with E-state index in [1.54, 1.807) is 31.2 Å². The minimum atomic E-state index is -0.976. The van der Waals surface area contributed by atoms with Gasteiger partial charge in [0.15, 0.2) is 0 Å². The van der Waals surface area contributed by atoms with Crippen molar-refractivity contribution >= 4 is 52.3 Å². The third kappa shape index (κ3) is 4.52. The van der Waals surface area contributed by atoms with Gasteiger partial charge in [0.1, 0.15) is 6.04 Å². The Balaban J connectivity index is 1.90. The van der Waals surface area contributed by atoms with Crippen LogP contribution in [0.4, 0.5) is 5.69 Å². The standard InChI is InChI=1S/C19H18ClN5O3S/c1-2-22-16(26)11-15-18(28)24(14-5-3-13(20)4-6-14)19(29)25(15)23-17(27)12-7-9-21-10-8-12/h3-10,15H,2,11H2,1H3,(H,22,26)(H,23,27). The van der Waals surface area contributed by atoms with Crippen molar-refractivity contribution in [1.29, 1.82) is 0 Å². The molecule has 0 saturated carbocycles. The van der Waals surface area contributed by atoms with Crippen LogP contribution in [-0.4, -0.2) is 45.4 Å². The molecule has 1 aromatic heterocycles. The topological polar surface area (TPSA) is 94.6 Å². The number of hydrazine groups is 1. The van der Waals surface area contributed by atoms with Gasteiger partial charge in [0.2, 0.25) is 11.0 Å². The molecule has 1 atom stereocenters. The first kappa shape index (κ1) is 20.7. The van der Waals surface area contributed by atoms with Crippen molar-refractivity contribution in [3.05, 3.63) is 59.4 Å². The number of pyridine rings is 1. The van der Waals surface area contributed by atoms with E-state index in [0.717, 1.165) is 0 Å². The predicted molar refractivity (Wildman–Crippen MR) is 112 cm³/mol. The zero-order valence-electron chi connectivity index (χ0n) is 15.5. The fourth-order valence-electron chi connectivity index (χ4n) is 2.85. The number of carbonyl (C=O) groups is 3. The van der Waals surface area contributed by atoms with Crippen LogP contribution in [0.1, 0.15) is 23.7 Å². The number of anilines is 1. The van der Waals surface area contributed by atoms with E-state index in [1.165, 1.54) is 34.4 Å². The van der Waals surface area contributed by atoms with Crippen LogP contribution >= 0.6 is 23.8 Å². The normalized spacial score (nSPS) is 16.1. The van der Waals surface area contributed by atoms with Crippen molar-refractivity contribution in [2.75, 3.05) is 11.4 Å². The molecule has 3 amide bonds. The molecule has 2 heterocycles. The SMILES string of the molecule is CCNC(=O)CC1C(=O)N(c2ccc(Cl)cc2)C(=S)N1NC(=O)c1ccncc1. The van der Waals surface area contributed by atoms with E-state index >= 15 is 0 Å². The number of aromatic nitrogens is 1. The molecule has 1 aliphatic heterocycles. The number of hydrogen-bond acceptors (Lipinski definition) is 5. The van der Waals surface area contributed by atoms with Crippen LogP contribution < -0.4 is 15.6 Å². The number of halogens is 1. The molecule has 1 unspecified atom stereocenters. The maximum atomic E-state index is 13.1. The van der Waals surface area contributed by atoms with Crippen molar-refractivity contribution in [1.82, 2.24) is 20.7 Å². The highest BCUT2D eigenvalue weighted by molar-refractivity contribution is 7.80. The summed E-state index contributed by atoms with van der Waals surface area (Å²) in [4.78, 5) is 43.0. The zero-order valence-corrected chi connectivity index (χ0v) is 17.0. The molecule has 3 rings (SSSR count). The summed E-state index contributed by atoms with van der Waals surface area (Å²) in [7, 11) is 0. The molecule has 1 fully saturated rings. The van der Waals surface area contributed by atoms with Crippen LogP contribution in [0.5, 0.6) is 0 Å². The van der Waals surface area contributed by atoms with Gasteiger partial charge >= 0.3 is 0 Å². The molecule has 29 heavy (non-hydrogen) atoms. The van der Waals surface area contributed by atoms with Gasteiger partial charge in [0.25, 0.3) is 11.8 Å². The summed E-state index contributed by atoms with van der Waals surface area (Å²) in [6.07, 6.45) is 2.80. The average Bonchev–Trinajstić information content (AvgIpc) is 2.93. The molecule has 8 nitrogen and oxygen atoms in total. The molecule has 1 aliphatic rings. The predicted octanol–water partition coefficient (Wildman–Crippen LogP) is 1.91. The molecule has 0 aliphatic carbocycles. The van der Waals surface area contributed by atoms with Crippen LogP contribution in [0.15, 0.2) is 48.8 Å². The molecule has 2 N–H and O–H groups in total. The number of nitrogens with zero attached hydrogens (tertiary/aromatic N) is 3. The largest absolute Gasteiger partial charge is 0.356 e. The summed E-state index contributed by atoms with van der Waals surface area (Å²) >= 11 is 11.4. The first-order valence-electron chi connectivity index (χ1n) is 8.82. The second-order valence-corrected chi connectivity index (χ2v) is 6.95. The molecule has 0 radical (unpaired) electrons. The zero-order chi connectivity index (χ0) is 21.0. The van der Waals surface area contributed by atoms with Crippen LogP contribution in [0.25, 0.3) is 0 Å². The van der Waals surface area contributed by atoms with E-state index in [-0.39, 0.29) is 17.4 Å². The fraction of sp³-hybridized carbons (Fsp3) is 0.211.